The normalized spacial score (nSPS) is 18.3. The molecule has 5 nitrogen and oxygen atoms in total. The van der Waals surface area contributed by atoms with Crippen molar-refractivity contribution < 1.29 is 4.79 Å². The van der Waals surface area contributed by atoms with Gasteiger partial charge in [0.25, 0.3) is 0 Å². The monoisotopic (exact) mass is 270 g/mol. The molecular formula is C14H30N4O. The second kappa shape index (κ2) is 9.28. The van der Waals surface area contributed by atoms with Gasteiger partial charge in [-0.05, 0) is 52.0 Å². The molecule has 1 rings (SSSR count). The summed E-state index contributed by atoms with van der Waals surface area (Å²) in [4.78, 5) is 18.2. The lowest BCUT2D eigenvalue weighted by atomic mass is 10.2. The minimum atomic E-state index is 0.236. The first-order chi connectivity index (χ1) is 9.13. The molecule has 0 spiro atoms. The van der Waals surface area contributed by atoms with Crippen molar-refractivity contribution in [2.75, 3.05) is 59.9 Å². The van der Waals surface area contributed by atoms with E-state index in [1.54, 1.807) is 4.90 Å². The van der Waals surface area contributed by atoms with Crippen molar-refractivity contribution in [3.05, 3.63) is 0 Å². The van der Waals surface area contributed by atoms with Gasteiger partial charge in [0.1, 0.15) is 0 Å². The highest BCUT2D eigenvalue weighted by Gasteiger charge is 2.14. The SMILES string of the molecule is CN(C)C(=O)CCCN1CCCN(CCCN)CC1. The minimum Gasteiger partial charge on any atom is -0.349 e. The van der Waals surface area contributed by atoms with E-state index in [4.69, 9.17) is 5.73 Å². The first-order valence-electron chi connectivity index (χ1n) is 7.48. The van der Waals surface area contributed by atoms with Crippen molar-refractivity contribution in [1.29, 1.82) is 0 Å². The van der Waals surface area contributed by atoms with Crippen molar-refractivity contribution in [2.24, 2.45) is 5.73 Å². The quantitative estimate of drug-likeness (QED) is 0.718. The van der Waals surface area contributed by atoms with Gasteiger partial charge in [-0.25, -0.2) is 0 Å². The van der Waals surface area contributed by atoms with Crippen LogP contribution in [-0.4, -0.2) is 80.5 Å². The highest BCUT2D eigenvalue weighted by atomic mass is 16.2. The number of nitrogens with zero attached hydrogens (tertiary/aromatic N) is 3. The van der Waals surface area contributed by atoms with Crippen LogP contribution in [0.1, 0.15) is 25.7 Å². The first-order valence-corrected chi connectivity index (χ1v) is 7.48. The molecule has 0 aromatic heterocycles. The van der Waals surface area contributed by atoms with Gasteiger partial charge < -0.3 is 20.4 Å². The summed E-state index contributed by atoms with van der Waals surface area (Å²) in [5.41, 5.74) is 5.56. The fraction of sp³-hybridized carbons (Fsp3) is 0.929. The van der Waals surface area contributed by atoms with E-state index in [1.807, 2.05) is 14.1 Å². The van der Waals surface area contributed by atoms with Crippen LogP contribution in [0.4, 0.5) is 0 Å². The summed E-state index contributed by atoms with van der Waals surface area (Å²) < 4.78 is 0. The zero-order valence-corrected chi connectivity index (χ0v) is 12.6. The molecule has 112 valence electrons. The molecule has 1 aliphatic heterocycles. The van der Waals surface area contributed by atoms with Crippen LogP contribution in [-0.2, 0) is 4.79 Å². The average molecular weight is 270 g/mol. The average Bonchev–Trinajstić information content (AvgIpc) is 2.61. The smallest absolute Gasteiger partial charge is 0.222 e. The van der Waals surface area contributed by atoms with E-state index >= 15 is 0 Å². The van der Waals surface area contributed by atoms with Gasteiger partial charge in [-0.1, -0.05) is 0 Å². The number of amides is 1. The number of carbonyl (C=O) groups excluding carboxylic acids is 1. The fourth-order valence-electron chi connectivity index (χ4n) is 2.46. The molecule has 0 aromatic rings. The summed E-state index contributed by atoms with van der Waals surface area (Å²) in [5.74, 6) is 0.236. The van der Waals surface area contributed by atoms with Crippen molar-refractivity contribution in [2.45, 2.75) is 25.7 Å². The van der Waals surface area contributed by atoms with Crippen LogP contribution in [0.25, 0.3) is 0 Å². The zero-order valence-electron chi connectivity index (χ0n) is 12.6. The first kappa shape index (κ1) is 16.4. The third-order valence-corrected chi connectivity index (χ3v) is 3.72. The highest BCUT2D eigenvalue weighted by Crippen LogP contribution is 2.05. The van der Waals surface area contributed by atoms with Crippen LogP contribution in [0.15, 0.2) is 0 Å². The third-order valence-electron chi connectivity index (χ3n) is 3.72. The highest BCUT2D eigenvalue weighted by molar-refractivity contribution is 5.75. The maximum absolute atomic E-state index is 11.5. The van der Waals surface area contributed by atoms with Gasteiger partial charge in [0.05, 0.1) is 0 Å². The van der Waals surface area contributed by atoms with Crippen molar-refractivity contribution in [3.63, 3.8) is 0 Å². The molecule has 19 heavy (non-hydrogen) atoms. The summed E-state index contributed by atoms with van der Waals surface area (Å²) in [5, 5.41) is 0. The van der Waals surface area contributed by atoms with E-state index in [9.17, 15) is 4.79 Å². The van der Waals surface area contributed by atoms with E-state index in [-0.39, 0.29) is 5.91 Å². The number of hydrogen-bond donors (Lipinski definition) is 1. The second-order valence-corrected chi connectivity index (χ2v) is 5.57. The van der Waals surface area contributed by atoms with E-state index in [0.29, 0.717) is 6.42 Å². The Morgan fingerprint density at radius 2 is 1.63 bits per heavy atom. The molecule has 0 saturated carbocycles. The summed E-state index contributed by atoms with van der Waals surface area (Å²) in [6.07, 6.45) is 3.96. The Balaban J connectivity index is 2.16. The van der Waals surface area contributed by atoms with Gasteiger partial charge in [0.2, 0.25) is 5.91 Å². The van der Waals surface area contributed by atoms with E-state index in [2.05, 4.69) is 9.80 Å². The summed E-state index contributed by atoms with van der Waals surface area (Å²) in [6.45, 7) is 7.57. The molecule has 0 atom stereocenters. The van der Waals surface area contributed by atoms with Gasteiger partial charge in [0.15, 0.2) is 0 Å². The third kappa shape index (κ3) is 6.89. The maximum Gasteiger partial charge on any atom is 0.222 e. The van der Waals surface area contributed by atoms with Gasteiger partial charge in [-0.2, -0.15) is 0 Å². The molecule has 0 aromatic carbocycles. The molecule has 1 fully saturated rings. The van der Waals surface area contributed by atoms with Gasteiger partial charge in [0, 0.05) is 33.6 Å². The van der Waals surface area contributed by atoms with Gasteiger partial charge in [-0.3, -0.25) is 4.79 Å². The van der Waals surface area contributed by atoms with Crippen LogP contribution < -0.4 is 5.73 Å². The summed E-state index contributed by atoms with van der Waals surface area (Å²) >= 11 is 0. The molecule has 1 heterocycles. The summed E-state index contributed by atoms with van der Waals surface area (Å²) in [7, 11) is 3.65. The zero-order chi connectivity index (χ0) is 14.1. The number of rotatable bonds is 7. The second-order valence-electron chi connectivity index (χ2n) is 5.57. The van der Waals surface area contributed by atoms with Gasteiger partial charge >= 0.3 is 0 Å². The summed E-state index contributed by atoms with van der Waals surface area (Å²) in [6, 6.07) is 0. The Hall–Kier alpha value is -0.650. The largest absolute Gasteiger partial charge is 0.349 e. The Labute approximate surface area is 117 Å². The van der Waals surface area contributed by atoms with Crippen molar-refractivity contribution in [3.8, 4) is 0 Å². The molecule has 0 aliphatic carbocycles. The lowest BCUT2D eigenvalue weighted by Gasteiger charge is -2.21. The predicted octanol–water partition coefficient (Wildman–Crippen LogP) is 0.211. The molecule has 0 bridgehead atoms. The number of carbonyl (C=O) groups is 1. The van der Waals surface area contributed by atoms with Crippen molar-refractivity contribution >= 4 is 5.91 Å². The van der Waals surface area contributed by atoms with Crippen LogP contribution in [0.3, 0.4) is 0 Å². The Morgan fingerprint density at radius 1 is 1.05 bits per heavy atom. The van der Waals surface area contributed by atoms with E-state index in [1.165, 1.54) is 13.0 Å². The molecule has 5 heteroatoms. The van der Waals surface area contributed by atoms with Crippen molar-refractivity contribution in [1.82, 2.24) is 14.7 Å². The number of nitrogens with two attached hydrogens (primary N) is 1. The fourth-order valence-corrected chi connectivity index (χ4v) is 2.46. The van der Waals surface area contributed by atoms with Gasteiger partial charge in [-0.15, -0.1) is 0 Å². The maximum atomic E-state index is 11.5. The molecular weight excluding hydrogens is 240 g/mol. The lowest BCUT2D eigenvalue weighted by molar-refractivity contribution is -0.128. The van der Waals surface area contributed by atoms with Crippen LogP contribution >= 0.6 is 0 Å². The number of hydrogen-bond acceptors (Lipinski definition) is 4. The van der Waals surface area contributed by atoms with Crippen LogP contribution in [0.5, 0.6) is 0 Å². The standard InChI is InChI=1S/C14H30N4O/c1-16(2)14(19)6-3-8-17-10-5-11-18(13-12-17)9-4-7-15/h3-13,15H2,1-2H3. The molecule has 1 saturated heterocycles. The predicted molar refractivity (Wildman–Crippen MR) is 79.1 cm³/mol. The molecule has 0 unspecified atom stereocenters. The van der Waals surface area contributed by atoms with E-state index < -0.39 is 0 Å². The van der Waals surface area contributed by atoms with E-state index in [0.717, 1.165) is 52.1 Å². The topological polar surface area (TPSA) is 52.8 Å². The van der Waals surface area contributed by atoms with Crippen LogP contribution in [0, 0.1) is 0 Å². The molecule has 0 radical (unpaired) electrons. The Kier molecular flexibility index (Phi) is 8.02. The van der Waals surface area contributed by atoms with Crippen LogP contribution in [0.2, 0.25) is 0 Å². The molecule has 1 amide bonds. The molecule has 2 N–H and O–H groups in total. The molecule has 1 aliphatic rings. The minimum absolute atomic E-state index is 0.236. The lowest BCUT2D eigenvalue weighted by Crippen LogP contribution is -2.33. The Morgan fingerprint density at radius 3 is 2.16 bits per heavy atom. The Bertz CT molecular complexity index is 258.